The summed E-state index contributed by atoms with van der Waals surface area (Å²) in [5, 5.41) is 0.630. The van der Waals surface area contributed by atoms with Crippen LogP contribution in [0.15, 0.2) is 41.2 Å². The molecule has 0 spiro atoms. The molecule has 1 atom stereocenters. The second kappa shape index (κ2) is 8.94. The van der Waals surface area contributed by atoms with E-state index >= 15 is 0 Å². The van der Waals surface area contributed by atoms with Crippen molar-refractivity contribution in [2.75, 3.05) is 31.1 Å². The minimum atomic E-state index is -4.93. The van der Waals surface area contributed by atoms with Gasteiger partial charge in [0.05, 0.1) is 11.0 Å². The number of fused-ring (bicyclic) bond motifs is 1. The number of hydrogen-bond donors (Lipinski definition) is 0. The highest BCUT2D eigenvalue weighted by Crippen LogP contribution is 2.29. The lowest BCUT2D eigenvalue weighted by molar-refractivity contribution is -0.143. The van der Waals surface area contributed by atoms with Gasteiger partial charge in [-0.25, -0.2) is 4.98 Å². The number of aromatic nitrogens is 2. The maximum absolute atomic E-state index is 13.6. The van der Waals surface area contributed by atoms with E-state index < -0.39 is 29.4 Å². The van der Waals surface area contributed by atoms with Gasteiger partial charge < -0.3 is 9.80 Å². The Morgan fingerprint density at radius 2 is 1.62 bits per heavy atom. The SMILES string of the molecule is Cc1cc2nc(C(F)(F)F)c(=O)n(C(C)C(=O)N3CCN(c4ccc(Cl)cc4)CC3)c2cc1C. The van der Waals surface area contributed by atoms with E-state index in [2.05, 4.69) is 9.88 Å². The van der Waals surface area contributed by atoms with Crippen LogP contribution in [0.25, 0.3) is 11.0 Å². The first kappa shape index (κ1) is 24.1. The van der Waals surface area contributed by atoms with Crippen molar-refractivity contribution in [3.8, 4) is 0 Å². The third-order valence-electron chi connectivity index (χ3n) is 6.30. The average molecular weight is 493 g/mol. The standard InChI is InChI=1S/C24H24ClF3N4O2/c1-14-12-19-20(13-15(14)2)32(23(34)21(29-19)24(26,27)28)16(3)22(33)31-10-8-30(9-11-31)18-6-4-17(25)5-7-18/h4-7,12-13,16H,8-11H2,1-3H3. The zero-order valence-electron chi connectivity index (χ0n) is 19.0. The van der Waals surface area contributed by atoms with Crippen molar-refractivity contribution in [2.45, 2.75) is 33.0 Å². The molecule has 1 amide bonds. The summed E-state index contributed by atoms with van der Waals surface area (Å²) in [6.45, 7) is 6.89. The molecule has 10 heteroatoms. The van der Waals surface area contributed by atoms with E-state index in [0.29, 0.717) is 31.2 Å². The second-order valence-corrected chi connectivity index (χ2v) is 8.96. The van der Waals surface area contributed by atoms with Crippen molar-refractivity contribution in [1.82, 2.24) is 14.5 Å². The molecule has 3 aromatic rings. The number of amides is 1. The number of halogens is 4. The molecule has 0 N–H and O–H groups in total. The summed E-state index contributed by atoms with van der Waals surface area (Å²) < 4.78 is 41.7. The van der Waals surface area contributed by atoms with Crippen LogP contribution in [-0.2, 0) is 11.0 Å². The summed E-state index contributed by atoms with van der Waals surface area (Å²) in [5.41, 5.74) is -0.0843. The van der Waals surface area contributed by atoms with Gasteiger partial charge in [-0.3, -0.25) is 14.2 Å². The molecule has 34 heavy (non-hydrogen) atoms. The highest BCUT2D eigenvalue weighted by molar-refractivity contribution is 6.30. The molecule has 4 rings (SSSR count). The molecule has 1 aromatic heterocycles. The van der Waals surface area contributed by atoms with Gasteiger partial charge in [-0.1, -0.05) is 11.6 Å². The zero-order chi connectivity index (χ0) is 24.8. The molecule has 2 aromatic carbocycles. The van der Waals surface area contributed by atoms with Crippen molar-refractivity contribution in [2.24, 2.45) is 0 Å². The Labute approximate surface area is 199 Å². The van der Waals surface area contributed by atoms with Crippen LogP contribution in [0.4, 0.5) is 18.9 Å². The molecule has 2 heterocycles. The van der Waals surface area contributed by atoms with Gasteiger partial charge in [-0.05, 0) is 68.3 Å². The monoisotopic (exact) mass is 492 g/mol. The number of nitrogens with zero attached hydrogens (tertiary/aromatic N) is 4. The van der Waals surface area contributed by atoms with Crippen molar-refractivity contribution < 1.29 is 18.0 Å². The van der Waals surface area contributed by atoms with Gasteiger partial charge in [0.25, 0.3) is 5.56 Å². The predicted octanol–water partition coefficient (Wildman–Crippen LogP) is 4.60. The molecule has 0 bridgehead atoms. The highest BCUT2D eigenvalue weighted by atomic mass is 35.5. The number of rotatable bonds is 3. The largest absolute Gasteiger partial charge is 0.438 e. The molecule has 1 aliphatic rings. The van der Waals surface area contributed by atoms with Gasteiger partial charge in [0.15, 0.2) is 0 Å². The zero-order valence-corrected chi connectivity index (χ0v) is 19.7. The molecule has 0 saturated carbocycles. The second-order valence-electron chi connectivity index (χ2n) is 8.52. The Kier molecular flexibility index (Phi) is 6.33. The first-order chi connectivity index (χ1) is 16.0. The van der Waals surface area contributed by atoms with E-state index in [1.54, 1.807) is 36.9 Å². The third kappa shape index (κ3) is 4.49. The van der Waals surface area contributed by atoms with E-state index in [1.165, 1.54) is 13.0 Å². The van der Waals surface area contributed by atoms with Crippen molar-refractivity contribution in [3.63, 3.8) is 0 Å². The molecule has 0 aliphatic carbocycles. The Morgan fingerprint density at radius 3 is 2.21 bits per heavy atom. The number of anilines is 1. The summed E-state index contributed by atoms with van der Waals surface area (Å²) in [6, 6.07) is 9.38. The Balaban J connectivity index is 1.66. The fraction of sp³-hybridized carbons (Fsp3) is 0.375. The lowest BCUT2D eigenvalue weighted by Crippen LogP contribution is -2.51. The molecule has 0 radical (unpaired) electrons. The van der Waals surface area contributed by atoms with Crippen molar-refractivity contribution in [3.05, 3.63) is 68.6 Å². The molecule has 180 valence electrons. The number of benzene rings is 2. The quantitative estimate of drug-likeness (QED) is 0.536. The lowest BCUT2D eigenvalue weighted by atomic mass is 10.1. The van der Waals surface area contributed by atoms with Crippen molar-refractivity contribution in [1.29, 1.82) is 0 Å². The molecule has 1 aliphatic heterocycles. The summed E-state index contributed by atoms with van der Waals surface area (Å²) in [6.07, 6.45) is -4.93. The van der Waals surface area contributed by atoms with E-state index in [0.717, 1.165) is 21.4 Å². The Bertz CT molecular complexity index is 1300. The Morgan fingerprint density at radius 1 is 1.03 bits per heavy atom. The molecule has 1 unspecified atom stereocenters. The number of carbonyl (C=O) groups is 1. The summed E-state index contributed by atoms with van der Waals surface area (Å²) in [5.74, 6) is -0.406. The molecular formula is C24H24ClF3N4O2. The van der Waals surface area contributed by atoms with Gasteiger partial charge in [0.1, 0.15) is 6.04 Å². The fourth-order valence-corrected chi connectivity index (χ4v) is 4.37. The number of aryl methyl sites for hydroxylation is 2. The van der Waals surface area contributed by atoms with Gasteiger partial charge in [0.2, 0.25) is 11.6 Å². The number of alkyl halides is 3. The van der Waals surface area contributed by atoms with E-state index in [1.807, 2.05) is 12.1 Å². The number of hydrogen-bond acceptors (Lipinski definition) is 4. The van der Waals surface area contributed by atoms with Crippen LogP contribution >= 0.6 is 11.6 Å². The summed E-state index contributed by atoms with van der Waals surface area (Å²) in [7, 11) is 0. The maximum Gasteiger partial charge on any atom is 0.438 e. The Hall–Kier alpha value is -3.07. The fourth-order valence-electron chi connectivity index (χ4n) is 4.24. The van der Waals surface area contributed by atoms with Gasteiger partial charge in [-0.2, -0.15) is 13.2 Å². The first-order valence-electron chi connectivity index (χ1n) is 10.9. The highest BCUT2D eigenvalue weighted by Gasteiger charge is 2.39. The van der Waals surface area contributed by atoms with Gasteiger partial charge in [0, 0.05) is 36.9 Å². The normalized spacial score (nSPS) is 15.6. The van der Waals surface area contributed by atoms with E-state index in [-0.39, 0.29) is 11.0 Å². The number of carbonyl (C=O) groups excluding carboxylic acids is 1. The first-order valence-corrected chi connectivity index (χ1v) is 11.2. The summed E-state index contributed by atoms with van der Waals surface area (Å²) in [4.78, 5) is 33.5. The topological polar surface area (TPSA) is 58.4 Å². The van der Waals surface area contributed by atoms with Crippen LogP contribution < -0.4 is 10.5 Å². The van der Waals surface area contributed by atoms with E-state index in [9.17, 15) is 22.8 Å². The van der Waals surface area contributed by atoms with Crippen LogP contribution in [0.1, 0.15) is 29.8 Å². The predicted molar refractivity (Wildman–Crippen MR) is 125 cm³/mol. The molecular weight excluding hydrogens is 469 g/mol. The van der Waals surface area contributed by atoms with Crippen LogP contribution in [0, 0.1) is 13.8 Å². The summed E-state index contributed by atoms with van der Waals surface area (Å²) >= 11 is 5.95. The van der Waals surface area contributed by atoms with Crippen LogP contribution in [0.2, 0.25) is 5.02 Å². The van der Waals surface area contributed by atoms with Crippen LogP contribution in [-0.4, -0.2) is 46.5 Å². The van der Waals surface area contributed by atoms with Crippen LogP contribution in [0.5, 0.6) is 0 Å². The van der Waals surface area contributed by atoms with Crippen molar-refractivity contribution >= 4 is 34.2 Å². The molecule has 1 fully saturated rings. The number of piperazine rings is 1. The average Bonchev–Trinajstić information content (AvgIpc) is 2.79. The minimum absolute atomic E-state index is 0.0298. The molecule has 1 saturated heterocycles. The third-order valence-corrected chi connectivity index (χ3v) is 6.55. The minimum Gasteiger partial charge on any atom is -0.368 e. The molecule has 6 nitrogen and oxygen atoms in total. The maximum atomic E-state index is 13.6. The van der Waals surface area contributed by atoms with Gasteiger partial charge in [-0.15, -0.1) is 0 Å². The lowest BCUT2D eigenvalue weighted by Gasteiger charge is -2.37. The van der Waals surface area contributed by atoms with Crippen LogP contribution in [0.3, 0.4) is 0 Å². The smallest absolute Gasteiger partial charge is 0.368 e. The van der Waals surface area contributed by atoms with E-state index in [4.69, 9.17) is 11.6 Å². The van der Waals surface area contributed by atoms with Gasteiger partial charge >= 0.3 is 6.18 Å².